The van der Waals surface area contributed by atoms with Crippen LogP contribution in [0.3, 0.4) is 0 Å². The highest BCUT2D eigenvalue weighted by atomic mass is 19.4. The van der Waals surface area contributed by atoms with Crippen LogP contribution in [0, 0.1) is 61.9 Å². The first-order chi connectivity index (χ1) is 23.0. The van der Waals surface area contributed by atoms with Crippen molar-refractivity contribution in [3.63, 3.8) is 0 Å². The van der Waals surface area contributed by atoms with Crippen molar-refractivity contribution < 1.29 is 27.4 Å². The number of anilines is 1. The third-order valence-corrected chi connectivity index (χ3v) is 6.84. The number of fused-ring (bicyclic) bond motifs is 1. The lowest BCUT2D eigenvalue weighted by molar-refractivity contribution is -0.280. The second-order valence-corrected chi connectivity index (χ2v) is 10.2. The van der Waals surface area contributed by atoms with E-state index in [-0.39, 0.29) is 22.9 Å². The maximum absolute atomic E-state index is 13.2. The lowest BCUT2D eigenvalue weighted by Crippen LogP contribution is -2.23. The number of esters is 1. The average molecular weight is 651 g/mol. The van der Waals surface area contributed by atoms with E-state index in [4.69, 9.17) is 11.2 Å². The molecule has 9 nitrogen and oxygen atoms in total. The van der Waals surface area contributed by atoms with Crippen LogP contribution in [-0.4, -0.2) is 51.6 Å². The number of hydrogen-bond donors (Lipinski definition) is 0. The zero-order chi connectivity index (χ0) is 34.7. The highest BCUT2D eigenvalue weighted by Crippen LogP contribution is 2.30. The molecule has 2 aromatic heterocycles. The quantitative estimate of drug-likeness (QED) is 0.0964. The van der Waals surface area contributed by atoms with Gasteiger partial charge in [-0.1, -0.05) is 31.0 Å². The third kappa shape index (κ3) is 8.94. The van der Waals surface area contributed by atoms with Gasteiger partial charge in [0.1, 0.15) is 6.11 Å². The van der Waals surface area contributed by atoms with E-state index < -0.39 is 12.3 Å². The van der Waals surface area contributed by atoms with Crippen LogP contribution in [0.4, 0.5) is 24.5 Å². The highest BCUT2D eigenvalue weighted by molar-refractivity contribution is 5.91. The Morgan fingerprint density at radius 3 is 2.54 bits per heavy atom. The Kier molecular flexibility index (Phi) is 11.4. The summed E-state index contributed by atoms with van der Waals surface area (Å²) in [6.07, 6.45) is 6.55. The van der Waals surface area contributed by atoms with E-state index in [1.54, 1.807) is 25.1 Å². The first kappa shape index (κ1) is 34.6. The van der Waals surface area contributed by atoms with Gasteiger partial charge in [-0.3, -0.25) is 0 Å². The van der Waals surface area contributed by atoms with Gasteiger partial charge in [-0.2, -0.15) is 0 Å². The Balaban J connectivity index is 1.82. The Labute approximate surface area is 275 Å². The van der Waals surface area contributed by atoms with Crippen LogP contribution < -0.4 is 10.1 Å². The molecule has 0 unspecified atom stereocenters. The summed E-state index contributed by atoms with van der Waals surface area (Å²) in [5.41, 5.74) is 4.09. The zero-order valence-corrected chi connectivity index (χ0v) is 26.6. The van der Waals surface area contributed by atoms with Crippen molar-refractivity contribution in [3.8, 4) is 59.4 Å². The minimum Gasteiger partial charge on any atom is -0.395 e. The summed E-state index contributed by atoms with van der Waals surface area (Å²) >= 11 is 0. The number of alkyl halides is 3. The summed E-state index contributed by atoms with van der Waals surface area (Å²) in [7, 11) is 0. The van der Waals surface area contributed by atoms with Crippen LogP contribution >= 0.6 is 0 Å². The van der Waals surface area contributed by atoms with Gasteiger partial charge >= 0.3 is 12.3 Å². The summed E-state index contributed by atoms with van der Waals surface area (Å²) in [4.78, 5) is 23.9. The van der Waals surface area contributed by atoms with Crippen molar-refractivity contribution in [3.05, 3.63) is 64.0 Å². The van der Waals surface area contributed by atoms with Gasteiger partial charge in [0.25, 0.3) is 0 Å². The molecular weight excluding hydrogens is 621 g/mol. The number of terminal acetylenes is 1. The Bertz CT molecular complexity index is 2150. The summed E-state index contributed by atoms with van der Waals surface area (Å²) in [5.74, 6) is 13.2. The van der Waals surface area contributed by atoms with Gasteiger partial charge in [-0.25, -0.2) is 14.8 Å². The number of benzene rings is 2. The van der Waals surface area contributed by atoms with Gasteiger partial charge in [0, 0.05) is 42.1 Å². The summed E-state index contributed by atoms with van der Waals surface area (Å²) in [5, 5.41) is 9.04. The number of hydrogen-bond acceptors (Lipinski definition) is 8. The number of unbranched alkanes of at least 4 members (excludes halogenated alkanes) is 1. The molecule has 0 amide bonds. The number of carbonyl (C=O) groups excluding carboxylic acids is 1. The fourth-order valence-corrected chi connectivity index (χ4v) is 4.55. The lowest BCUT2D eigenvalue weighted by atomic mass is 10.1. The number of carbonyl (C=O) groups is 1. The minimum atomic E-state index is -4.89. The van der Waals surface area contributed by atoms with Gasteiger partial charge in [-0.05, 0) is 86.4 Å². The predicted molar refractivity (Wildman–Crippen MR) is 177 cm³/mol. The third-order valence-electron chi connectivity index (χ3n) is 6.84. The number of aryl methyl sites for hydroxylation is 2. The normalized spacial score (nSPS) is 11.2. The Morgan fingerprint density at radius 2 is 1.83 bits per heavy atom. The fraction of sp³-hybridized carbons (Fsp3) is 0.250. The average Bonchev–Trinajstić information content (AvgIpc) is 3.61. The van der Waals surface area contributed by atoms with Crippen molar-refractivity contribution in [1.29, 1.82) is 0 Å². The maximum atomic E-state index is 13.2. The topological polar surface area (TPSA) is 94.2 Å². The van der Waals surface area contributed by atoms with Crippen LogP contribution in [0.25, 0.3) is 23.1 Å². The second-order valence-electron chi connectivity index (χ2n) is 10.2. The lowest BCUT2D eigenvalue weighted by Gasteiger charge is -2.23. The Hall–Kier alpha value is -6.24. The molecule has 48 heavy (non-hydrogen) atoms. The molecule has 0 saturated heterocycles. The van der Waals surface area contributed by atoms with Crippen LogP contribution in [0.5, 0.6) is 0 Å². The number of halogens is 3. The second kappa shape index (κ2) is 15.9. The summed E-state index contributed by atoms with van der Waals surface area (Å²) in [6.45, 7) is 9.78. The first-order valence-electron chi connectivity index (χ1n) is 14.7. The monoisotopic (exact) mass is 650 g/mol. The zero-order valence-electron chi connectivity index (χ0n) is 26.6. The molecule has 0 N–H and O–H groups in total. The van der Waals surface area contributed by atoms with Crippen molar-refractivity contribution >= 4 is 35.5 Å². The molecule has 0 saturated carbocycles. The van der Waals surface area contributed by atoms with Crippen molar-refractivity contribution in [1.82, 2.24) is 19.8 Å². The molecule has 2 aromatic carbocycles. The van der Waals surface area contributed by atoms with Crippen molar-refractivity contribution in [2.75, 3.05) is 18.0 Å². The molecule has 2 heterocycles. The molecule has 0 aliphatic heterocycles. The van der Waals surface area contributed by atoms with Crippen LogP contribution in [0.1, 0.15) is 53.9 Å². The molecule has 0 fully saturated rings. The van der Waals surface area contributed by atoms with E-state index in [9.17, 15) is 18.0 Å². The number of nitrogens with zero attached hydrogens (tertiary/aromatic N) is 6. The first-order valence-corrected chi connectivity index (χ1v) is 14.7. The largest absolute Gasteiger partial charge is 0.573 e. The molecule has 0 aliphatic rings. The van der Waals surface area contributed by atoms with Gasteiger partial charge in [0.05, 0.1) is 10.9 Å². The van der Waals surface area contributed by atoms with Crippen molar-refractivity contribution in [2.45, 2.75) is 46.9 Å². The minimum absolute atomic E-state index is 0.111. The molecule has 242 valence electrons. The van der Waals surface area contributed by atoms with E-state index in [1.807, 2.05) is 19.1 Å². The van der Waals surface area contributed by atoms with E-state index >= 15 is 0 Å². The van der Waals surface area contributed by atoms with Gasteiger partial charge in [-0.15, -0.1) is 34.4 Å². The van der Waals surface area contributed by atoms with E-state index in [1.165, 1.54) is 6.07 Å². The smallest absolute Gasteiger partial charge is 0.395 e. The number of ether oxygens (including phenoxy) is 2. The van der Waals surface area contributed by atoms with E-state index in [0.29, 0.717) is 17.2 Å². The maximum Gasteiger partial charge on any atom is 0.573 e. The molecule has 4 rings (SSSR count). The van der Waals surface area contributed by atoms with Crippen LogP contribution in [-0.2, 0) is 9.47 Å². The van der Waals surface area contributed by atoms with Gasteiger partial charge in [0.2, 0.25) is 0 Å². The van der Waals surface area contributed by atoms with Gasteiger partial charge < -0.3 is 14.4 Å². The fourth-order valence-electron chi connectivity index (χ4n) is 4.55. The standard InChI is InChI=1S/C36H29F3N6O3/c1-6-9-11-12-13-14-20-47-35(46)32-30(23-27-16-17-28(22-26(27)5)44(8-3)19-10-7-2)34-41-33(43-45(34)42-32)29-21-25(4)15-18-31(29)40-24-48-36(37,38)39/h1,15-18,21-24H,7-8,10,19H2,2-5H3/b30-23-,40-24-. The van der Waals surface area contributed by atoms with Crippen LogP contribution in [0.15, 0.2) is 41.4 Å². The number of aliphatic imine (C=N–C) groups is 1. The molecule has 12 heteroatoms. The van der Waals surface area contributed by atoms with E-state index in [2.05, 4.69) is 91.4 Å². The van der Waals surface area contributed by atoms with Gasteiger partial charge in [0.15, 0.2) is 23.6 Å². The van der Waals surface area contributed by atoms with E-state index in [0.717, 1.165) is 52.9 Å². The van der Waals surface area contributed by atoms with Crippen LogP contribution in [0.2, 0.25) is 0 Å². The highest BCUT2D eigenvalue weighted by Gasteiger charge is 2.29. The van der Waals surface area contributed by atoms with Crippen molar-refractivity contribution in [2.24, 2.45) is 4.99 Å². The number of rotatable bonds is 10. The Morgan fingerprint density at radius 1 is 1.06 bits per heavy atom. The number of aromatic nitrogens is 4. The summed E-state index contributed by atoms with van der Waals surface area (Å²) < 4.78 is 47.7. The molecule has 0 radical (unpaired) electrons. The molecule has 0 bridgehead atoms. The molecule has 0 spiro atoms. The SMILES string of the molecule is C#CC#CC#CC#COC(=O)c1nn2nc(-c3cc(C)ccc3/N=C\OC(F)(F)F)nc2/c1=C\c1ccc(N(CC)CCCC)cc1C. The molecule has 0 atom stereocenters. The molecule has 4 aromatic rings. The molecule has 0 aliphatic carbocycles. The summed E-state index contributed by atoms with van der Waals surface area (Å²) in [6, 6.07) is 10.9. The predicted octanol–water partition coefficient (Wildman–Crippen LogP) is 5.54. The molecular formula is C36H29F3N6O3.